The molecule has 2 heterocycles. The molecule has 3 N–H and O–H groups in total. The van der Waals surface area contributed by atoms with E-state index in [0.717, 1.165) is 42.2 Å². The van der Waals surface area contributed by atoms with Crippen LogP contribution in [0.25, 0.3) is 32.9 Å². The first-order valence-electron chi connectivity index (χ1n) is 10.5. The zero-order chi connectivity index (χ0) is 22.4. The molecule has 1 saturated heterocycles. The Morgan fingerprint density at radius 2 is 1.78 bits per heavy atom. The van der Waals surface area contributed by atoms with Gasteiger partial charge in [0.25, 0.3) is 11.8 Å². The third kappa shape index (κ3) is 3.26. The molecule has 32 heavy (non-hydrogen) atoms. The fourth-order valence-electron chi connectivity index (χ4n) is 4.44. The number of likely N-dealkylation sites (tertiary alicyclic amines) is 1. The highest BCUT2D eigenvalue weighted by Gasteiger charge is 2.21. The lowest BCUT2D eigenvalue weighted by molar-refractivity contribution is 0.0792. The molecule has 0 bridgehead atoms. The topological polar surface area (TPSA) is 88.4 Å². The van der Waals surface area contributed by atoms with Gasteiger partial charge in [0.05, 0.1) is 18.2 Å². The maximum atomic E-state index is 14.3. The van der Waals surface area contributed by atoms with Gasteiger partial charge in [0, 0.05) is 34.9 Å². The molecule has 0 atom stereocenters. The predicted octanol–water partition coefficient (Wildman–Crippen LogP) is 4.47. The second kappa shape index (κ2) is 7.67. The highest BCUT2D eigenvalue weighted by molar-refractivity contribution is 6.17. The molecule has 7 heteroatoms. The summed E-state index contributed by atoms with van der Waals surface area (Å²) in [7, 11) is 1.41. The van der Waals surface area contributed by atoms with Crippen molar-refractivity contribution in [2.24, 2.45) is 5.73 Å². The molecule has 4 aromatic rings. The number of nitrogens with two attached hydrogens (primary N) is 1. The first-order valence-corrected chi connectivity index (χ1v) is 10.5. The number of nitrogens with one attached hydrogen (secondary N) is 1. The van der Waals surface area contributed by atoms with E-state index < -0.39 is 11.7 Å². The number of rotatable bonds is 4. The number of aromatic nitrogens is 1. The number of fused-ring (bicyclic) bond motifs is 3. The zero-order valence-corrected chi connectivity index (χ0v) is 17.6. The molecule has 1 aliphatic heterocycles. The Bertz CT molecular complexity index is 1390. The minimum atomic E-state index is -0.592. The molecule has 1 fully saturated rings. The summed E-state index contributed by atoms with van der Waals surface area (Å²) in [5.41, 5.74) is 9.19. The summed E-state index contributed by atoms with van der Waals surface area (Å²) < 4.78 is 19.3. The van der Waals surface area contributed by atoms with E-state index in [-0.39, 0.29) is 11.7 Å². The van der Waals surface area contributed by atoms with E-state index in [1.54, 1.807) is 24.3 Å². The van der Waals surface area contributed by atoms with Gasteiger partial charge in [-0.3, -0.25) is 9.59 Å². The van der Waals surface area contributed by atoms with Crippen LogP contribution in [0, 0.1) is 5.82 Å². The molecule has 1 aliphatic rings. The maximum absolute atomic E-state index is 14.3. The summed E-state index contributed by atoms with van der Waals surface area (Å²) in [6, 6.07) is 13.6. The highest BCUT2D eigenvalue weighted by atomic mass is 19.1. The van der Waals surface area contributed by atoms with E-state index in [4.69, 9.17) is 10.5 Å². The average molecular weight is 431 g/mol. The summed E-state index contributed by atoms with van der Waals surface area (Å²) in [5.74, 6) is -0.946. The standard InChI is InChI=1S/C25H22FN3O3/c1-32-22-7-5-14(13-20(22)26)16-11-18-17-10-15(25(31)29-8-2-3-9-29)4-6-21(17)28-23(18)19(12-16)24(27)30/h4-7,10-13,28H,2-3,8-9H2,1H3,(H2,27,30). The number of carbonyl (C=O) groups excluding carboxylic acids is 2. The Hall–Kier alpha value is -3.87. The van der Waals surface area contributed by atoms with E-state index in [1.807, 2.05) is 23.1 Å². The third-order valence-electron chi connectivity index (χ3n) is 6.10. The van der Waals surface area contributed by atoms with Crippen molar-refractivity contribution >= 4 is 33.6 Å². The number of benzene rings is 3. The Balaban J connectivity index is 1.70. The van der Waals surface area contributed by atoms with Gasteiger partial charge < -0.3 is 20.4 Å². The molecule has 1 aromatic heterocycles. The maximum Gasteiger partial charge on any atom is 0.253 e. The number of nitrogens with zero attached hydrogens (tertiary/aromatic N) is 1. The molecule has 0 spiro atoms. The molecule has 0 aliphatic carbocycles. The van der Waals surface area contributed by atoms with Crippen molar-refractivity contribution in [2.75, 3.05) is 20.2 Å². The number of carbonyl (C=O) groups is 2. The number of ether oxygens (including phenoxy) is 1. The van der Waals surface area contributed by atoms with Gasteiger partial charge in [-0.1, -0.05) is 6.07 Å². The first-order chi connectivity index (χ1) is 15.5. The lowest BCUT2D eigenvalue weighted by Gasteiger charge is -2.15. The lowest BCUT2D eigenvalue weighted by Crippen LogP contribution is -2.27. The van der Waals surface area contributed by atoms with Crippen molar-refractivity contribution in [3.8, 4) is 16.9 Å². The van der Waals surface area contributed by atoms with E-state index in [1.165, 1.54) is 13.2 Å². The molecular formula is C25H22FN3O3. The van der Waals surface area contributed by atoms with Gasteiger partial charge in [0.15, 0.2) is 11.6 Å². The van der Waals surface area contributed by atoms with E-state index in [9.17, 15) is 14.0 Å². The van der Waals surface area contributed by atoms with Crippen LogP contribution >= 0.6 is 0 Å². The molecule has 2 amide bonds. The molecule has 5 rings (SSSR count). The fraction of sp³-hybridized carbons (Fsp3) is 0.200. The van der Waals surface area contributed by atoms with E-state index >= 15 is 0 Å². The van der Waals surface area contributed by atoms with Crippen LogP contribution in [0.3, 0.4) is 0 Å². The van der Waals surface area contributed by atoms with Crippen molar-refractivity contribution in [2.45, 2.75) is 12.8 Å². The number of hydrogen-bond acceptors (Lipinski definition) is 3. The van der Waals surface area contributed by atoms with E-state index in [0.29, 0.717) is 27.8 Å². The summed E-state index contributed by atoms with van der Waals surface area (Å²) in [5, 5.41) is 1.56. The predicted molar refractivity (Wildman–Crippen MR) is 121 cm³/mol. The van der Waals surface area contributed by atoms with Crippen molar-refractivity contribution < 1.29 is 18.7 Å². The van der Waals surface area contributed by atoms with Gasteiger partial charge in [-0.25, -0.2) is 4.39 Å². The molecular weight excluding hydrogens is 409 g/mol. The minimum Gasteiger partial charge on any atom is -0.494 e. The van der Waals surface area contributed by atoms with Gasteiger partial charge in [0.1, 0.15) is 0 Å². The second-order valence-corrected chi connectivity index (χ2v) is 8.04. The molecule has 0 saturated carbocycles. The minimum absolute atomic E-state index is 0.00209. The smallest absolute Gasteiger partial charge is 0.253 e. The van der Waals surface area contributed by atoms with Crippen molar-refractivity contribution in [1.82, 2.24) is 9.88 Å². The Morgan fingerprint density at radius 3 is 2.47 bits per heavy atom. The number of aromatic amines is 1. The lowest BCUT2D eigenvalue weighted by atomic mass is 9.98. The van der Waals surface area contributed by atoms with Gasteiger partial charge in [-0.2, -0.15) is 0 Å². The van der Waals surface area contributed by atoms with Crippen molar-refractivity contribution in [3.63, 3.8) is 0 Å². The van der Waals surface area contributed by atoms with Gasteiger partial charge in [-0.15, -0.1) is 0 Å². The van der Waals surface area contributed by atoms with Gasteiger partial charge in [-0.05, 0) is 66.4 Å². The van der Waals surface area contributed by atoms with Gasteiger partial charge in [0.2, 0.25) is 0 Å². The number of H-pyrrole nitrogens is 1. The van der Waals surface area contributed by atoms with Gasteiger partial charge >= 0.3 is 0 Å². The summed E-state index contributed by atoms with van der Waals surface area (Å²) in [6.45, 7) is 1.54. The highest BCUT2D eigenvalue weighted by Crippen LogP contribution is 2.34. The van der Waals surface area contributed by atoms with Crippen LogP contribution in [-0.2, 0) is 0 Å². The molecule has 3 aromatic carbocycles. The third-order valence-corrected chi connectivity index (χ3v) is 6.10. The Kier molecular flexibility index (Phi) is 4.81. The molecule has 162 valence electrons. The summed E-state index contributed by atoms with van der Waals surface area (Å²) >= 11 is 0. The second-order valence-electron chi connectivity index (χ2n) is 8.04. The number of primary amides is 1. The van der Waals surface area contributed by atoms with Crippen molar-refractivity contribution in [3.05, 3.63) is 65.5 Å². The normalized spacial score (nSPS) is 13.8. The molecule has 0 radical (unpaired) electrons. The molecule has 0 unspecified atom stereocenters. The van der Waals surface area contributed by atoms with Crippen LogP contribution in [0.4, 0.5) is 4.39 Å². The van der Waals surface area contributed by atoms with Crippen LogP contribution < -0.4 is 10.5 Å². The average Bonchev–Trinajstić information content (AvgIpc) is 3.45. The van der Waals surface area contributed by atoms with Crippen LogP contribution in [0.5, 0.6) is 5.75 Å². The van der Waals surface area contributed by atoms with Crippen LogP contribution in [0.2, 0.25) is 0 Å². The number of hydrogen-bond donors (Lipinski definition) is 2. The first kappa shape index (κ1) is 20.1. The largest absolute Gasteiger partial charge is 0.494 e. The number of methoxy groups -OCH3 is 1. The Labute approximate surface area is 183 Å². The molecule has 6 nitrogen and oxygen atoms in total. The fourth-order valence-corrected chi connectivity index (χ4v) is 4.44. The van der Waals surface area contributed by atoms with E-state index in [2.05, 4.69) is 4.98 Å². The number of amides is 2. The SMILES string of the molecule is COc1ccc(-c2cc(C(N)=O)c3[nH]c4ccc(C(=O)N5CCCC5)cc4c3c2)cc1F. The quantitative estimate of drug-likeness (QED) is 0.500. The van der Waals surface area contributed by atoms with Crippen LogP contribution in [0.15, 0.2) is 48.5 Å². The summed E-state index contributed by atoms with van der Waals surface area (Å²) in [6.07, 6.45) is 2.04. The summed E-state index contributed by atoms with van der Waals surface area (Å²) in [4.78, 5) is 30.2. The monoisotopic (exact) mass is 431 g/mol. The van der Waals surface area contributed by atoms with Crippen LogP contribution in [0.1, 0.15) is 33.6 Å². The van der Waals surface area contributed by atoms with Crippen molar-refractivity contribution in [1.29, 1.82) is 0 Å². The van der Waals surface area contributed by atoms with Crippen LogP contribution in [-0.4, -0.2) is 41.9 Å². The Morgan fingerprint density at radius 1 is 1.00 bits per heavy atom. The zero-order valence-electron chi connectivity index (χ0n) is 17.6. The number of halogens is 1.